The first-order valence-electron chi connectivity index (χ1n) is 12.8. The highest BCUT2D eigenvalue weighted by molar-refractivity contribution is 6.31. The fourth-order valence-electron chi connectivity index (χ4n) is 5.14. The molecule has 2 aliphatic rings. The van der Waals surface area contributed by atoms with Gasteiger partial charge >= 0.3 is 0 Å². The number of fused-ring (bicyclic) bond motifs is 1. The zero-order valence-electron chi connectivity index (χ0n) is 21.1. The molecule has 2 aromatic heterocycles. The van der Waals surface area contributed by atoms with E-state index in [1.165, 1.54) is 0 Å². The molecule has 1 aliphatic carbocycles. The Kier molecular flexibility index (Phi) is 7.64. The molecule has 5 rings (SSSR count). The van der Waals surface area contributed by atoms with Crippen LogP contribution in [0.3, 0.4) is 0 Å². The molecular formula is C28H29ClN6O3. The normalized spacial score (nSPS) is 21.3. The lowest BCUT2D eigenvalue weighted by Crippen LogP contribution is -2.49. The van der Waals surface area contributed by atoms with E-state index in [1.54, 1.807) is 41.7 Å². The predicted octanol–water partition coefficient (Wildman–Crippen LogP) is 4.28. The van der Waals surface area contributed by atoms with Gasteiger partial charge in [0.15, 0.2) is 0 Å². The van der Waals surface area contributed by atoms with Crippen LogP contribution in [-0.2, 0) is 16.0 Å². The molecule has 0 spiro atoms. The van der Waals surface area contributed by atoms with Gasteiger partial charge in [0.05, 0.1) is 11.3 Å². The smallest absolute Gasteiger partial charge is 0.256 e. The van der Waals surface area contributed by atoms with E-state index in [0.717, 1.165) is 24.1 Å². The topological polar surface area (TPSA) is 117 Å². The second-order valence-electron chi connectivity index (χ2n) is 9.97. The summed E-state index contributed by atoms with van der Waals surface area (Å²) in [5, 5.41) is 6.15. The fraction of sp³-hybridized carbons (Fsp3) is 0.357. The van der Waals surface area contributed by atoms with E-state index in [1.807, 2.05) is 25.1 Å². The maximum atomic E-state index is 13.8. The molecule has 1 aromatic carbocycles. The Hall–Kier alpha value is -3.85. The third kappa shape index (κ3) is 5.83. The largest absolute Gasteiger partial charge is 0.326 e. The van der Waals surface area contributed by atoms with Crippen molar-refractivity contribution in [2.75, 3.05) is 17.2 Å². The quantitative estimate of drug-likeness (QED) is 0.489. The van der Waals surface area contributed by atoms with E-state index < -0.39 is 6.04 Å². The van der Waals surface area contributed by atoms with Gasteiger partial charge in [-0.15, -0.1) is 0 Å². The summed E-state index contributed by atoms with van der Waals surface area (Å²) in [6.45, 7) is 2.31. The van der Waals surface area contributed by atoms with Crippen molar-refractivity contribution in [3.05, 3.63) is 76.8 Å². The zero-order chi connectivity index (χ0) is 26.6. The molecule has 196 valence electrons. The Morgan fingerprint density at radius 1 is 1.08 bits per heavy atom. The van der Waals surface area contributed by atoms with Crippen molar-refractivity contribution in [2.45, 2.75) is 45.1 Å². The van der Waals surface area contributed by atoms with E-state index >= 15 is 0 Å². The SMILES string of the molecule is Cc1cnc(NC(=O)C2CCC(CN3C(=O)c4ccc(Cl)cc4NC(=O)[C@H]3Cc3ccccn3)CC2)nc1. The molecule has 1 saturated carbocycles. The number of aryl methyl sites for hydroxylation is 1. The van der Waals surface area contributed by atoms with Crippen molar-refractivity contribution >= 4 is 41.0 Å². The van der Waals surface area contributed by atoms with Crippen LogP contribution >= 0.6 is 11.6 Å². The second kappa shape index (κ2) is 11.3. The van der Waals surface area contributed by atoms with Crippen molar-refractivity contribution in [1.29, 1.82) is 0 Å². The summed E-state index contributed by atoms with van der Waals surface area (Å²) < 4.78 is 0. The molecule has 3 amide bonds. The van der Waals surface area contributed by atoms with Crippen molar-refractivity contribution in [2.24, 2.45) is 11.8 Å². The number of benzene rings is 1. The molecule has 0 saturated heterocycles. The summed E-state index contributed by atoms with van der Waals surface area (Å²) in [5.74, 6) is -0.252. The number of halogens is 1. The van der Waals surface area contributed by atoms with Gasteiger partial charge in [-0.1, -0.05) is 17.7 Å². The molecule has 0 unspecified atom stereocenters. The maximum absolute atomic E-state index is 13.8. The number of aromatic nitrogens is 3. The first kappa shape index (κ1) is 25.8. The van der Waals surface area contributed by atoms with Crippen LogP contribution in [0.25, 0.3) is 0 Å². The highest BCUT2D eigenvalue weighted by atomic mass is 35.5. The van der Waals surface area contributed by atoms with Gasteiger partial charge in [0.25, 0.3) is 5.91 Å². The summed E-state index contributed by atoms with van der Waals surface area (Å²) in [5.41, 5.74) is 2.48. The number of amides is 3. The van der Waals surface area contributed by atoms with Crippen LogP contribution in [0.5, 0.6) is 0 Å². The lowest BCUT2D eigenvalue weighted by atomic mass is 9.81. The number of nitrogens with one attached hydrogen (secondary N) is 2. The molecule has 38 heavy (non-hydrogen) atoms. The number of nitrogens with zero attached hydrogens (tertiary/aromatic N) is 4. The lowest BCUT2D eigenvalue weighted by Gasteiger charge is -2.35. The van der Waals surface area contributed by atoms with Crippen molar-refractivity contribution in [1.82, 2.24) is 19.9 Å². The minimum atomic E-state index is -0.719. The summed E-state index contributed by atoms with van der Waals surface area (Å²) in [6, 6.07) is 9.74. The van der Waals surface area contributed by atoms with Crippen LogP contribution in [0.1, 0.15) is 47.3 Å². The third-order valence-corrected chi connectivity index (χ3v) is 7.46. The highest BCUT2D eigenvalue weighted by Crippen LogP contribution is 2.33. The van der Waals surface area contributed by atoms with E-state index in [-0.39, 0.29) is 29.6 Å². The number of rotatable bonds is 6. The zero-order valence-corrected chi connectivity index (χ0v) is 21.8. The summed E-state index contributed by atoms with van der Waals surface area (Å²) in [6.07, 6.45) is 8.22. The van der Waals surface area contributed by atoms with Crippen LogP contribution in [0.4, 0.5) is 11.6 Å². The number of carbonyl (C=O) groups excluding carboxylic acids is 3. The van der Waals surface area contributed by atoms with Gasteiger partial charge < -0.3 is 10.2 Å². The van der Waals surface area contributed by atoms with Crippen LogP contribution < -0.4 is 10.6 Å². The Morgan fingerprint density at radius 3 is 2.55 bits per heavy atom. The van der Waals surface area contributed by atoms with Gasteiger partial charge in [-0.25, -0.2) is 9.97 Å². The van der Waals surface area contributed by atoms with Gasteiger partial charge in [-0.3, -0.25) is 24.7 Å². The Morgan fingerprint density at radius 2 is 1.84 bits per heavy atom. The molecule has 1 atom stereocenters. The number of hydrogen-bond acceptors (Lipinski definition) is 6. The Balaban J connectivity index is 1.30. The van der Waals surface area contributed by atoms with E-state index in [9.17, 15) is 14.4 Å². The van der Waals surface area contributed by atoms with Gasteiger partial charge in [-0.2, -0.15) is 0 Å². The van der Waals surface area contributed by atoms with Crippen molar-refractivity contribution in [3.63, 3.8) is 0 Å². The van der Waals surface area contributed by atoms with Gasteiger partial charge in [0.2, 0.25) is 17.8 Å². The molecule has 3 aromatic rings. The average Bonchev–Trinajstić information content (AvgIpc) is 3.00. The number of hydrogen-bond donors (Lipinski definition) is 2. The molecule has 3 heterocycles. The summed E-state index contributed by atoms with van der Waals surface area (Å²) in [4.78, 5) is 54.3. The van der Waals surface area contributed by atoms with Crippen LogP contribution in [-0.4, -0.2) is 50.2 Å². The Labute approximate surface area is 226 Å². The molecule has 1 fully saturated rings. The first-order chi connectivity index (χ1) is 18.4. The van der Waals surface area contributed by atoms with Gasteiger partial charge in [0, 0.05) is 48.2 Å². The lowest BCUT2D eigenvalue weighted by molar-refractivity contribution is -0.121. The van der Waals surface area contributed by atoms with E-state index in [2.05, 4.69) is 25.6 Å². The standard InChI is InChI=1S/C28H29ClN6O3/c1-17-14-31-28(32-15-17)34-25(36)19-7-5-18(6-8-19)16-35-24(13-21-4-2-3-11-30-21)26(37)33-23-12-20(29)9-10-22(23)27(35)38/h2-4,9-12,14-15,18-19,24H,5-8,13,16H2,1H3,(H,33,37)(H,31,32,34,36)/t18?,19?,24-/m1/s1. The van der Waals surface area contributed by atoms with Crippen LogP contribution in [0, 0.1) is 18.8 Å². The Bertz CT molecular complexity index is 1330. The number of anilines is 2. The van der Waals surface area contributed by atoms with Crippen LogP contribution in [0.15, 0.2) is 55.0 Å². The van der Waals surface area contributed by atoms with E-state index in [0.29, 0.717) is 48.0 Å². The number of pyridine rings is 1. The monoisotopic (exact) mass is 532 g/mol. The summed E-state index contributed by atoms with van der Waals surface area (Å²) >= 11 is 6.15. The average molecular weight is 533 g/mol. The van der Waals surface area contributed by atoms with Crippen molar-refractivity contribution in [3.8, 4) is 0 Å². The van der Waals surface area contributed by atoms with Gasteiger partial charge in [-0.05, 0) is 74.4 Å². The molecule has 9 nitrogen and oxygen atoms in total. The fourth-order valence-corrected chi connectivity index (χ4v) is 5.32. The minimum Gasteiger partial charge on any atom is -0.326 e. The molecule has 10 heteroatoms. The van der Waals surface area contributed by atoms with E-state index in [4.69, 9.17) is 11.6 Å². The van der Waals surface area contributed by atoms with Crippen LogP contribution in [0.2, 0.25) is 5.02 Å². The minimum absolute atomic E-state index is 0.0867. The molecule has 0 bridgehead atoms. The molecular weight excluding hydrogens is 504 g/mol. The molecule has 0 radical (unpaired) electrons. The molecule has 2 N–H and O–H groups in total. The van der Waals surface area contributed by atoms with Gasteiger partial charge in [0.1, 0.15) is 6.04 Å². The summed E-state index contributed by atoms with van der Waals surface area (Å²) in [7, 11) is 0. The van der Waals surface area contributed by atoms with Crippen molar-refractivity contribution < 1.29 is 14.4 Å². The maximum Gasteiger partial charge on any atom is 0.256 e. The number of carbonyl (C=O) groups is 3. The molecule has 1 aliphatic heterocycles. The second-order valence-corrected chi connectivity index (χ2v) is 10.4. The predicted molar refractivity (Wildman–Crippen MR) is 144 cm³/mol. The first-order valence-corrected chi connectivity index (χ1v) is 13.2. The highest BCUT2D eigenvalue weighted by Gasteiger charge is 2.38. The third-order valence-electron chi connectivity index (χ3n) is 7.23.